The fraction of sp³-hybridized carbons (Fsp3) is 0.375. The van der Waals surface area contributed by atoms with E-state index in [-0.39, 0.29) is 17.5 Å². The van der Waals surface area contributed by atoms with Crippen LogP contribution in [0.4, 0.5) is 0 Å². The molecule has 3 rings (SSSR count). The Labute approximate surface area is 139 Å². The van der Waals surface area contributed by atoms with E-state index in [9.17, 15) is 18.0 Å². The summed E-state index contributed by atoms with van der Waals surface area (Å²) in [5, 5.41) is 0. The van der Waals surface area contributed by atoms with E-state index in [2.05, 4.69) is 0 Å². The van der Waals surface area contributed by atoms with Crippen LogP contribution >= 0.6 is 0 Å². The van der Waals surface area contributed by atoms with Crippen LogP contribution in [0.5, 0.6) is 0 Å². The monoisotopic (exact) mass is 349 g/mol. The highest BCUT2D eigenvalue weighted by molar-refractivity contribution is 7.89. The average molecular weight is 349 g/mol. The molecule has 128 valence electrons. The second kappa shape index (κ2) is 6.03. The molecule has 0 saturated heterocycles. The highest BCUT2D eigenvalue weighted by Gasteiger charge is 2.39. The second-order valence-electron chi connectivity index (χ2n) is 6.02. The maximum absolute atomic E-state index is 13.1. The zero-order valence-electron chi connectivity index (χ0n) is 13.5. The number of aromatic nitrogens is 2. The third kappa shape index (κ3) is 2.94. The predicted molar refractivity (Wildman–Crippen MR) is 89.1 cm³/mol. The van der Waals surface area contributed by atoms with Crippen molar-refractivity contribution in [2.75, 3.05) is 0 Å². The van der Waals surface area contributed by atoms with Crippen molar-refractivity contribution in [2.24, 2.45) is 14.1 Å². The highest BCUT2D eigenvalue weighted by Crippen LogP contribution is 2.32. The van der Waals surface area contributed by atoms with Crippen molar-refractivity contribution in [1.29, 1.82) is 0 Å². The van der Waals surface area contributed by atoms with Gasteiger partial charge in [0.1, 0.15) is 0 Å². The van der Waals surface area contributed by atoms with Crippen LogP contribution in [-0.4, -0.2) is 27.9 Å². The van der Waals surface area contributed by atoms with Crippen molar-refractivity contribution in [3.05, 3.63) is 62.9 Å². The minimum Gasteiger partial charge on any atom is -0.302 e. The smallest absolute Gasteiger partial charge is 0.302 e. The second-order valence-corrected chi connectivity index (χ2v) is 7.88. The lowest BCUT2D eigenvalue weighted by molar-refractivity contribution is 0.396. The zero-order chi connectivity index (χ0) is 17.5. The molecule has 0 bridgehead atoms. The van der Waals surface area contributed by atoms with Crippen LogP contribution in [0.15, 0.2) is 51.0 Å². The Morgan fingerprint density at radius 2 is 1.75 bits per heavy atom. The van der Waals surface area contributed by atoms with Gasteiger partial charge >= 0.3 is 5.69 Å². The number of hydrogen-bond acceptors (Lipinski definition) is 4. The number of nitrogens with zero attached hydrogens (tertiary/aromatic N) is 3. The SMILES string of the molecule is Cn1cc(S(=O)(=O)N(Cc2ccccc2)C2CC2)c(=O)n(C)c1=O. The largest absolute Gasteiger partial charge is 0.330 e. The third-order valence-electron chi connectivity index (χ3n) is 4.14. The number of sulfonamides is 1. The molecule has 1 aromatic carbocycles. The Morgan fingerprint density at radius 1 is 1.12 bits per heavy atom. The first-order chi connectivity index (χ1) is 11.3. The lowest BCUT2D eigenvalue weighted by Crippen LogP contribution is -2.43. The summed E-state index contributed by atoms with van der Waals surface area (Å²) in [5.74, 6) is 0. The van der Waals surface area contributed by atoms with Crippen molar-refractivity contribution >= 4 is 10.0 Å². The molecular formula is C16H19N3O4S. The molecule has 7 nitrogen and oxygen atoms in total. The lowest BCUT2D eigenvalue weighted by Gasteiger charge is -2.22. The molecule has 2 aromatic rings. The van der Waals surface area contributed by atoms with Gasteiger partial charge in [0.25, 0.3) is 15.6 Å². The van der Waals surface area contributed by atoms with Crippen molar-refractivity contribution in [2.45, 2.75) is 30.3 Å². The molecule has 1 aliphatic rings. The van der Waals surface area contributed by atoms with E-state index in [1.165, 1.54) is 18.4 Å². The molecule has 0 atom stereocenters. The molecule has 8 heteroatoms. The predicted octanol–water partition coefficient (Wildman–Crippen LogP) is 0.437. The molecule has 0 radical (unpaired) electrons. The summed E-state index contributed by atoms with van der Waals surface area (Å²) in [5.41, 5.74) is -0.494. The zero-order valence-corrected chi connectivity index (χ0v) is 14.4. The average Bonchev–Trinajstić information content (AvgIpc) is 3.39. The maximum atomic E-state index is 13.1. The van der Waals surface area contributed by atoms with Gasteiger partial charge in [-0.2, -0.15) is 4.31 Å². The Bertz CT molecular complexity index is 973. The number of hydrogen-bond donors (Lipinski definition) is 0. The summed E-state index contributed by atoms with van der Waals surface area (Å²) < 4.78 is 29.4. The van der Waals surface area contributed by atoms with E-state index in [1.807, 2.05) is 30.3 Å². The van der Waals surface area contributed by atoms with E-state index in [0.717, 1.165) is 33.7 Å². The number of benzene rings is 1. The van der Waals surface area contributed by atoms with Gasteiger partial charge in [-0.25, -0.2) is 13.2 Å². The molecule has 0 N–H and O–H groups in total. The Hall–Kier alpha value is -2.19. The maximum Gasteiger partial charge on any atom is 0.330 e. The summed E-state index contributed by atoms with van der Waals surface area (Å²) in [6.07, 6.45) is 2.66. The summed E-state index contributed by atoms with van der Waals surface area (Å²) >= 11 is 0. The van der Waals surface area contributed by atoms with Crippen molar-refractivity contribution < 1.29 is 8.42 Å². The van der Waals surface area contributed by atoms with E-state index in [1.54, 1.807) is 0 Å². The van der Waals surface area contributed by atoms with Crippen molar-refractivity contribution in [3.8, 4) is 0 Å². The van der Waals surface area contributed by atoms with Gasteiger partial charge in [-0.1, -0.05) is 30.3 Å². The summed E-state index contributed by atoms with van der Waals surface area (Å²) in [7, 11) is -1.28. The summed E-state index contributed by atoms with van der Waals surface area (Å²) in [6.45, 7) is 0.208. The van der Waals surface area contributed by atoms with Crippen LogP contribution < -0.4 is 11.2 Å². The molecule has 24 heavy (non-hydrogen) atoms. The first-order valence-electron chi connectivity index (χ1n) is 7.65. The van der Waals surface area contributed by atoms with Gasteiger partial charge in [0.15, 0.2) is 4.90 Å². The minimum atomic E-state index is -3.99. The molecule has 0 unspecified atom stereocenters. The van der Waals surface area contributed by atoms with E-state index >= 15 is 0 Å². The van der Waals surface area contributed by atoms with Gasteiger partial charge in [-0.15, -0.1) is 0 Å². The van der Waals surface area contributed by atoms with Crippen LogP contribution in [0, 0.1) is 0 Å². The molecule has 1 saturated carbocycles. The third-order valence-corrected chi connectivity index (χ3v) is 6.02. The van der Waals surface area contributed by atoms with Crippen LogP contribution in [0.1, 0.15) is 18.4 Å². The fourth-order valence-electron chi connectivity index (χ4n) is 2.61. The first-order valence-corrected chi connectivity index (χ1v) is 9.09. The standard InChI is InChI=1S/C16H19N3O4S/c1-17-11-14(15(20)18(2)16(17)21)24(22,23)19(13-8-9-13)10-12-6-4-3-5-7-12/h3-7,11,13H,8-10H2,1-2H3. The normalized spacial score (nSPS) is 15.0. The number of rotatable bonds is 5. The first kappa shape index (κ1) is 16.7. The lowest BCUT2D eigenvalue weighted by atomic mass is 10.2. The van der Waals surface area contributed by atoms with Gasteiger partial charge in [-0.05, 0) is 18.4 Å². The van der Waals surface area contributed by atoms with Crippen LogP contribution in [0.25, 0.3) is 0 Å². The van der Waals surface area contributed by atoms with Crippen molar-refractivity contribution in [1.82, 2.24) is 13.4 Å². The topological polar surface area (TPSA) is 81.4 Å². The Balaban J connectivity index is 2.08. The quantitative estimate of drug-likeness (QED) is 0.784. The van der Waals surface area contributed by atoms with Crippen LogP contribution in [0.2, 0.25) is 0 Å². The van der Waals surface area contributed by atoms with Gasteiger partial charge in [-0.3, -0.25) is 9.36 Å². The minimum absolute atomic E-state index is 0.0999. The van der Waals surface area contributed by atoms with E-state index < -0.39 is 21.3 Å². The summed E-state index contributed by atoms with van der Waals surface area (Å²) in [6, 6.07) is 9.16. The molecule has 1 heterocycles. The van der Waals surface area contributed by atoms with Gasteiger partial charge in [0, 0.05) is 32.9 Å². The Kier molecular flexibility index (Phi) is 4.18. The Morgan fingerprint density at radius 3 is 2.33 bits per heavy atom. The van der Waals surface area contributed by atoms with E-state index in [0.29, 0.717) is 0 Å². The molecule has 1 aromatic heterocycles. The molecule has 1 fully saturated rings. The van der Waals surface area contributed by atoms with E-state index in [4.69, 9.17) is 0 Å². The number of aryl methyl sites for hydroxylation is 1. The van der Waals surface area contributed by atoms with Gasteiger partial charge in [0.2, 0.25) is 0 Å². The van der Waals surface area contributed by atoms with Crippen LogP contribution in [-0.2, 0) is 30.7 Å². The molecule has 0 amide bonds. The van der Waals surface area contributed by atoms with Gasteiger partial charge in [0.05, 0.1) is 0 Å². The fourth-order valence-corrected chi connectivity index (χ4v) is 4.44. The molecule has 1 aliphatic carbocycles. The van der Waals surface area contributed by atoms with Crippen LogP contribution in [0.3, 0.4) is 0 Å². The summed E-state index contributed by atoms with van der Waals surface area (Å²) in [4.78, 5) is 23.8. The molecule has 0 spiro atoms. The van der Waals surface area contributed by atoms with Gasteiger partial charge < -0.3 is 4.57 Å². The van der Waals surface area contributed by atoms with Crippen molar-refractivity contribution in [3.63, 3.8) is 0 Å². The molecule has 0 aliphatic heterocycles. The molecular weight excluding hydrogens is 330 g/mol. The highest BCUT2D eigenvalue weighted by atomic mass is 32.2.